The van der Waals surface area contributed by atoms with Gasteiger partial charge in [-0.05, 0) is 31.1 Å². The lowest BCUT2D eigenvalue weighted by molar-refractivity contribution is 0.0910. The lowest BCUT2D eigenvalue weighted by atomic mass is 9.82. The Morgan fingerprint density at radius 2 is 1.63 bits per heavy atom. The molecule has 0 amide bonds. The van der Waals surface area contributed by atoms with Crippen molar-refractivity contribution >= 4 is 5.95 Å². The summed E-state index contributed by atoms with van der Waals surface area (Å²) in [7, 11) is 3.28. The van der Waals surface area contributed by atoms with E-state index in [1.165, 1.54) is 13.5 Å². The maximum atomic E-state index is 5.90. The third kappa shape index (κ3) is 3.68. The van der Waals surface area contributed by atoms with E-state index in [9.17, 15) is 0 Å². The van der Waals surface area contributed by atoms with Crippen LogP contribution in [0.2, 0.25) is 0 Å². The number of anilines is 1. The third-order valence-corrected chi connectivity index (χ3v) is 3.41. The highest BCUT2D eigenvalue weighted by molar-refractivity contribution is 5.26. The van der Waals surface area contributed by atoms with E-state index in [1.807, 2.05) is 0 Å². The van der Waals surface area contributed by atoms with Gasteiger partial charge in [-0.1, -0.05) is 13.8 Å². The fraction of sp³-hybridized carbons (Fsp3) is 0.769. The molecule has 2 atom stereocenters. The van der Waals surface area contributed by atoms with Crippen molar-refractivity contribution in [3.05, 3.63) is 0 Å². The molecule has 0 radical (unpaired) electrons. The maximum absolute atomic E-state index is 5.90. The summed E-state index contributed by atoms with van der Waals surface area (Å²) in [4.78, 5) is 12.4. The van der Waals surface area contributed by atoms with E-state index >= 15 is 0 Å². The molecule has 0 spiro atoms. The molecule has 0 aliphatic heterocycles. The van der Waals surface area contributed by atoms with Crippen LogP contribution in [0.15, 0.2) is 0 Å². The SMILES string of the molecule is CNc1nc(OC)nc(OC2CC(C)CC(C)C2)n1. The minimum absolute atomic E-state index is 0.176. The Kier molecular flexibility index (Phi) is 4.39. The normalized spacial score (nSPS) is 26.8. The number of hydrogen-bond donors (Lipinski definition) is 1. The first-order valence-corrected chi connectivity index (χ1v) is 6.75. The molecule has 1 saturated carbocycles. The molecule has 1 aromatic heterocycles. The summed E-state index contributed by atoms with van der Waals surface area (Å²) in [5.41, 5.74) is 0. The van der Waals surface area contributed by atoms with Crippen molar-refractivity contribution in [1.82, 2.24) is 15.0 Å². The molecule has 1 N–H and O–H groups in total. The maximum Gasteiger partial charge on any atom is 0.324 e. The van der Waals surface area contributed by atoms with Gasteiger partial charge in [-0.15, -0.1) is 4.98 Å². The molecule has 1 aliphatic carbocycles. The van der Waals surface area contributed by atoms with E-state index in [4.69, 9.17) is 9.47 Å². The van der Waals surface area contributed by atoms with Gasteiger partial charge in [0.1, 0.15) is 6.10 Å². The number of hydrogen-bond acceptors (Lipinski definition) is 6. The van der Waals surface area contributed by atoms with Crippen molar-refractivity contribution in [1.29, 1.82) is 0 Å². The number of ether oxygens (including phenoxy) is 2. The highest BCUT2D eigenvalue weighted by Gasteiger charge is 2.26. The smallest absolute Gasteiger partial charge is 0.324 e. The number of rotatable bonds is 4. The van der Waals surface area contributed by atoms with Gasteiger partial charge in [0.15, 0.2) is 0 Å². The van der Waals surface area contributed by atoms with E-state index in [0.717, 1.165) is 12.8 Å². The molecule has 106 valence electrons. The molecule has 6 heteroatoms. The Hall–Kier alpha value is -1.59. The Labute approximate surface area is 114 Å². The molecule has 1 aromatic rings. The highest BCUT2D eigenvalue weighted by Crippen LogP contribution is 2.30. The second-order valence-corrected chi connectivity index (χ2v) is 5.34. The van der Waals surface area contributed by atoms with Gasteiger partial charge < -0.3 is 14.8 Å². The van der Waals surface area contributed by atoms with Crippen LogP contribution >= 0.6 is 0 Å². The molecule has 6 nitrogen and oxygen atoms in total. The minimum Gasteiger partial charge on any atom is -0.467 e. The van der Waals surface area contributed by atoms with Crippen LogP contribution in [0.25, 0.3) is 0 Å². The molecule has 1 fully saturated rings. The van der Waals surface area contributed by atoms with Crippen LogP contribution in [0.1, 0.15) is 33.1 Å². The monoisotopic (exact) mass is 266 g/mol. The second kappa shape index (κ2) is 6.04. The predicted octanol–water partition coefficient (Wildman–Crippen LogP) is 2.13. The van der Waals surface area contributed by atoms with Crippen LogP contribution in [0.4, 0.5) is 5.95 Å². The van der Waals surface area contributed by atoms with Crippen molar-refractivity contribution in [2.75, 3.05) is 19.5 Å². The predicted molar refractivity (Wildman–Crippen MR) is 72.5 cm³/mol. The molecule has 0 saturated heterocycles. The third-order valence-electron chi connectivity index (χ3n) is 3.41. The quantitative estimate of drug-likeness (QED) is 0.900. The average Bonchev–Trinajstić information content (AvgIpc) is 2.37. The molecule has 2 unspecified atom stereocenters. The first-order chi connectivity index (χ1) is 9.10. The summed E-state index contributed by atoms with van der Waals surface area (Å²) < 4.78 is 10.9. The Bertz CT molecular complexity index is 395. The van der Waals surface area contributed by atoms with Crippen molar-refractivity contribution < 1.29 is 9.47 Å². The largest absolute Gasteiger partial charge is 0.467 e. The van der Waals surface area contributed by atoms with Gasteiger partial charge >= 0.3 is 12.0 Å². The minimum atomic E-state index is 0.176. The van der Waals surface area contributed by atoms with Gasteiger partial charge in [0, 0.05) is 7.05 Å². The van der Waals surface area contributed by atoms with Gasteiger partial charge in [0.05, 0.1) is 7.11 Å². The lowest BCUT2D eigenvalue weighted by Crippen LogP contribution is -2.29. The number of aromatic nitrogens is 3. The summed E-state index contributed by atoms with van der Waals surface area (Å²) in [6, 6.07) is 0.605. The Morgan fingerprint density at radius 1 is 1.00 bits per heavy atom. The topological polar surface area (TPSA) is 69.2 Å². The fourth-order valence-electron chi connectivity index (χ4n) is 2.71. The van der Waals surface area contributed by atoms with E-state index in [0.29, 0.717) is 23.8 Å². The van der Waals surface area contributed by atoms with E-state index < -0.39 is 0 Å². The van der Waals surface area contributed by atoms with Crippen LogP contribution in [0.5, 0.6) is 12.0 Å². The highest BCUT2D eigenvalue weighted by atomic mass is 16.5. The number of methoxy groups -OCH3 is 1. The van der Waals surface area contributed by atoms with Gasteiger partial charge in [0.25, 0.3) is 0 Å². The number of nitrogens with one attached hydrogen (secondary N) is 1. The van der Waals surface area contributed by atoms with Crippen LogP contribution in [0.3, 0.4) is 0 Å². The van der Waals surface area contributed by atoms with Gasteiger partial charge in [-0.25, -0.2) is 0 Å². The second-order valence-electron chi connectivity index (χ2n) is 5.34. The fourth-order valence-corrected chi connectivity index (χ4v) is 2.71. The average molecular weight is 266 g/mol. The molecule has 2 rings (SSSR count). The van der Waals surface area contributed by atoms with Crippen molar-refractivity contribution in [2.45, 2.75) is 39.2 Å². The first-order valence-electron chi connectivity index (χ1n) is 6.75. The van der Waals surface area contributed by atoms with E-state index in [-0.39, 0.29) is 12.1 Å². The molecule has 0 bridgehead atoms. The molecular weight excluding hydrogens is 244 g/mol. The van der Waals surface area contributed by atoms with Gasteiger partial charge in [-0.2, -0.15) is 9.97 Å². The van der Waals surface area contributed by atoms with Gasteiger partial charge in [-0.3, -0.25) is 0 Å². The van der Waals surface area contributed by atoms with Crippen molar-refractivity contribution in [3.63, 3.8) is 0 Å². The van der Waals surface area contributed by atoms with Gasteiger partial charge in [0.2, 0.25) is 5.95 Å². The van der Waals surface area contributed by atoms with Crippen LogP contribution in [0, 0.1) is 11.8 Å². The number of nitrogens with zero attached hydrogens (tertiary/aromatic N) is 3. The standard InChI is InChI=1S/C13H22N4O2/c1-8-5-9(2)7-10(6-8)19-13-16-11(14-3)15-12(17-13)18-4/h8-10H,5-7H2,1-4H3,(H,14,15,16,17). The molecule has 0 aromatic carbocycles. The summed E-state index contributed by atoms with van der Waals surface area (Å²) >= 11 is 0. The van der Waals surface area contributed by atoms with Crippen molar-refractivity contribution in [3.8, 4) is 12.0 Å². The lowest BCUT2D eigenvalue weighted by Gasteiger charge is -2.30. The molecule has 19 heavy (non-hydrogen) atoms. The van der Waals surface area contributed by atoms with Crippen molar-refractivity contribution in [2.24, 2.45) is 11.8 Å². The first kappa shape index (κ1) is 13.8. The summed E-state index contributed by atoms with van der Waals surface area (Å²) in [6.45, 7) is 4.53. The van der Waals surface area contributed by atoms with Crippen LogP contribution in [-0.4, -0.2) is 35.2 Å². The van der Waals surface area contributed by atoms with E-state index in [1.54, 1.807) is 7.05 Å². The Balaban J connectivity index is 2.09. The molecule has 1 heterocycles. The summed E-state index contributed by atoms with van der Waals surface area (Å²) in [5.74, 6) is 1.82. The van der Waals surface area contributed by atoms with Crippen LogP contribution < -0.4 is 14.8 Å². The zero-order chi connectivity index (χ0) is 13.8. The van der Waals surface area contributed by atoms with Crippen LogP contribution in [-0.2, 0) is 0 Å². The Morgan fingerprint density at radius 3 is 2.21 bits per heavy atom. The zero-order valence-corrected chi connectivity index (χ0v) is 12.0. The summed E-state index contributed by atoms with van der Waals surface area (Å²) in [5, 5.41) is 2.87. The molecule has 1 aliphatic rings. The zero-order valence-electron chi connectivity index (χ0n) is 12.0. The van der Waals surface area contributed by atoms with E-state index in [2.05, 4.69) is 34.1 Å². The molecular formula is C13H22N4O2. The summed E-state index contributed by atoms with van der Waals surface area (Å²) in [6.07, 6.45) is 3.54.